The van der Waals surface area contributed by atoms with E-state index in [1.54, 1.807) is 0 Å². The SMILES string of the molecule is CNC(c1ccc(OC2CC2)cc1)c1coc(C)c1. The molecule has 0 amide bonds. The average Bonchev–Trinajstić information content (AvgIpc) is 3.13. The van der Waals surface area contributed by atoms with E-state index in [1.807, 2.05) is 32.4 Å². The number of rotatable bonds is 5. The molecule has 1 aliphatic rings. The van der Waals surface area contributed by atoms with E-state index in [4.69, 9.17) is 9.15 Å². The summed E-state index contributed by atoms with van der Waals surface area (Å²) >= 11 is 0. The van der Waals surface area contributed by atoms with Crippen molar-refractivity contribution < 1.29 is 9.15 Å². The van der Waals surface area contributed by atoms with E-state index in [0.29, 0.717) is 6.10 Å². The minimum atomic E-state index is 0.160. The Morgan fingerprint density at radius 3 is 2.47 bits per heavy atom. The maximum Gasteiger partial charge on any atom is 0.119 e. The van der Waals surface area contributed by atoms with Crippen molar-refractivity contribution in [3.8, 4) is 5.75 Å². The van der Waals surface area contributed by atoms with Gasteiger partial charge in [-0.3, -0.25) is 0 Å². The highest BCUT2D eigenvalue weighted by Crippen LogP contribution is 2.29. The Kier molecular flexibility index (Phi) is 3.30. The summed E-state index contributed by atoms with van der Waals surface area (Å²) < 4.78 is 11.2. The molecule has 0 radical (unpaired) electrons. The lowest BCUT2D eigenvalue weighted by Gasteiger charge is -2.15. The molecule has 1 fully saturated rings. The number of ether oxygens (including phenoxy) is 1. The molecule has 0 bridgehead atoms. The lowest BCUT2D eigenvalue weighted by Crippen LogP contribution is -2.16. The zero-order chi connectivity index (χ0) is 13.2. The summed E-state index contributed by atoms with van der Waals surface area (Å²) in [6, 6.07) is 10.5. The molecule has 1 aromatic carbocycles. The Labute approximate surface area is 113 Å². The zero-order valence-electron chi connectivity index (χ0n) is 11.3. The predicted octanol–water partition coefficient (Wildman–Crippen LogP) is 3.44. The van der Waals surface area contributed by atoms with Gasteiger partial charge in [0.15, 0.2) is 0 Å². The molecule has 2 aromatic rings. The maximum absolute atomic E-state index is 5.76. The fourth-order valence-corrected chi connectivity index (χ4v) is 2.26. The first-order chi connectivity index (χ1) is 9.26. The Balaban J connectivity index is 1.78. The van der Waals surface area contributed by atoms with Crippen LogP contribution >= 0.6 is 0 Å². The lowest BCUT2D eigenvalue weighted by atomic mass is 10.0. The first-order valence-corrected chi connectivity index (χ1v) is 6.75. The second kappa shape index (κ2) is 5.10. The highest BCUT2D eigenvalue weighted by Gasteiger charge is 2.23. The molecule has 0 aliphatic heterocycles. The molecule has 100 valence electrons. The molecular formula is C16H19NO2. The fraction of sp³-hybridized carbons (Fsp3) is 0.375. The first-order valence-electron chi connectivity index (χ1n) is 6.75. The molecule has 19 heavy (non-hydrogen) atoms. The molecule has 1 atom stereocenters. The zero-order valence-corrected chi connectivity index (χ0v) is 11.3. The van der Waals surface area contributed by atoms with Crippen LogP contribution in [-0.2, 0) is 0 Å². The molecule has 0 saturated heterocycles. The minimum absolute atomic E-state index is 0.160. The summed E-state index contributed by atoms with van der Waals surface area (Å²) in [5.41, 5.74) is 2.36. The quantitative estimate of drug-likeness (QED) is 0.891. The molecule has 3 heteroatoms. The fourth-order valence-electron chi connectivity index (χ4n) is 2.26. The number of benzene rings is 1. The third kappa shape index (κ3) is 2.82. The van der Waals surface area contributed by atoms with Crippen LogP contribution in [0.25, 0.3) is 0 Å². The van der Waals surface area contributed by atoms with Gasteiger partial charge in [-0.2, -0.15) is 0 Å². The molecule has 1 heterocycles. The van der Waals surface area contributed by atoms with Crippen LogP contribution in [0.3, 0.4) is 0 Å². The van der Waals surface area contributed by atoms with Gasteiger partial charge < -0.3 is 14.5 Å². The van der Waals surface area contributed by atoms with E-state index in [9.17, 15) is 0 Å². The van der Waals surface area contributed by atoms with Crippen LogP contribution in [0.2, 0.25) is 0 Å². The van der Waals surface area contributed by atoms with Crippen molar-refractivity contribution in [1.29, 1.82) is 0 Å². The molecule has 1 aromatic heterocycles. The van der Waals surface area contributed by atoms with Crippen molar-refractivity contribution in [3.05, 3.63) is 53.5 Å². The van der Waals surface area contributed by atoms with E-state index < -0.39 is 0 Å². The third-order valence-electron chi connectivity index (χ3n) is 3.41. The largest absolute Gasteiger partial charge is 0.490 e. The van der Waals surface area contributed by atoms with Gasteiger partial charge in [-0.1, -0.05) is 12.1 Å². The van der Waals surface area contributed by atoms with Crippen LogP contribution in [0.4, 0.5) is 0 Å². The molecule has 1 saturated carbocycles. The van der Waals surface area contributed by atoms with Crippen LogP contribution in [0.5, 0.6) is 5.75 Å². The van der Waals surface area contributed by atoms with Crippen molar-refractivity contribution in [1.82, 2.24) is 5.32 Å². The summed E-state index contributed by atoms with van der Waals surface area (Å²) in [5.74, 6) is 1.90. The second-order valence-corrected chi connectivity index (χ2v) is 5.10. The van der Waals surface area contributed by atoms with Gasteiger partial charge in [0.05, 0.1) is 18.4 Å². The van der Waals surface area contributed by atoms with E-state index in [0.717, 1.165) is 17.1 Å². The Bertz CT molecular complexity index is 540. The van der Waals surface area contributed by atoms with Gasteiger partial charge in [0.25, 0.3) is 0 Å². The van der Waals surface area contributed by atoms with Gasteiger partial charge in [0.2, 0.25) is 0 Å². The maximum atomic E-state index is 5.76. The van der Waals surface area contributed by atoms with Crippen LogP contribution < -0.4 is 10.1 Å². The van der Waals surface area contributed by atoms with E-state index in [1.165, 1.54) is 18.4 Å². The van der Waals surface area contributed by atoms with E-state index in [-0.39, 0.29) is 6.04 Å². The molecule has 3 nitrogen and oxygen atoms in total. The summed E-state index contributed by atoms with van der Waals surface area (Å²) in [7, 11) is 1.96. The minimum Gasteiger partial charge on any atom is -0.490 e. The van der Waals surface area contributed by atoms with Gasteiger partial charge in [0.1, 0.15) is 11.5 Å². The topological polar surface area (TPSA) is 34.4 Å². The Morgan fingerprint density at radius 2 is 1.95 bits per heavy atom. The monoisotopic (exact) mass is 257 g/mol. The molecule has 1 aliphatic carbocycles. The Hall–Kier alpha value is -1.74. The molecule has 1 N–H and O–H groups in total. The number of furan rings is 1. The van der Waals surface area contributed by atoms with E-state index in [2.05, 4.69) is 23.5 Å². The number of aryl methyl sites for hydroxylation is 1. The summed E-state index contributed by atoms with van der Waals surface area (Å²) in [4.78, 5) is 0. The van der Waals surface area contributed by atoms with Gasteiger partial charge in [-0.05, 0) is 50.6 Å². The van der Waals surface area contributed by atoms with E-state index >= 15 is 0 Å². The highest BCUT2D eigenvalue weighted by molar-refractivity contribution is 5.35. The van der Waals surface area contributed by atoms with Gasteiger partial charge in [-0.15, -0.1) is 0 Å². The van der Waals surface area contributed by atoms with Gasteiger partial charge in [-0.25, -0.2) is 0 Å². The first kappa shape index (κ1) is 12.3. The predicted molar refractivity (Wildman–Crippen MR) is 74.4 cm³/mol. The van der Waals surface area contributed by atoms with Crippen molar-refractivity contribution in [2.75, 3.05) is 7.05 Å². The summed E-state index contributed by atoms with van der Waals surface area (Å²) in [5, 5.41) is 3.32. The number of nitrogens with one attached hydrogen (secondary N) is 1. The molecular weight excluding hydrogens is 238 g/mol. The van der Waals surface area contributed by atoms with Crippen LogP contribution in [-0.4, -0.2) is 13.2 Å². The van der Waals surface area contributed by atoms with Gasteiger partial charge >= 0.3 is 0 Å². The van der Waals surface area contributed by atoms with Crippen molar-refractivity contribution >= 4 is 0 Å². The summed E-state index contributed by atoms with van der Waals surface area (Å²) in [6.45, 7) is 1.96. The molecule has 0 spiro atoms. The lowest BCUT2D eigenvalue weighted by molar-refractivity contribution is 0.303. The smallest absolute Gasteiger partial charge is 0.119 e. The third-order valence-corrected chi connectivity index (χ3v) is 3.41. The highest BCUT2D eigenvalue weighted by atomic mass is 16.5. The second-order valence-electron chi connectivity index (χ2n) is 5.10. The average molecular weight is 257 g/mol. The molecule has 3 rings (SSSR count). The Morgan fingerprint density at radius 1 is 1.21 bits per heavy atom. The normalized spacial score (nSPS) is 16.3. The number of hydrogen-bond donors (Lipinski definition) is 1. The van der Waals surface area contributed by atoms with Crippen molar-refractivity contribution in [2.45, 2.75) is 31.9 Å². The van der Waals surface area contributed by atoms with Gasteiger partial charge in [0, 0.05) is 5.56 Å². The standard InChI is InChI=1S/C16H19NO2/c1-11-9-13(10-18-11)16(17-2)12-3-5-14(6-4-12)19-15-7-8-15/h3-6,9-10,15-17H,7-8H2,1-2H3. The van der Waals surface area contributed by atoms with Crippen molar-refractivity contribution in [2.24, 2.45) is 0 Å². The molecule has 1 unspecified atom stereocenters. The van der Waals surface area contributed by atoms with Crippen LogP contribution in [0.15, 0.2) is 41.0 Å². The summed E-state index contributed by atoms with van der Waals surface area (Å²) in [6.07, 6.45) is 4.64. The number of hydrogen-bond acceptors (Lipinski definition) is 3. The van der Waals surface area contributed by atoms with Crippen LogP contribution in [0, 0.1) is 6.92 Å². The van der Waals surface area contributed by atoms with Crippen LogP contribution in [0.1, 0.15) is 35.8 Å². The van der Waals surface area contributed by atoms with Crippen molar-refractivity contribution in [3.63, 3.8) is 0 Å².